The number of aromatic amines is 1. The van der Waals surface area contributed by atoms with E-state index in [9.17, 15) is 9.59 Å². The van der Waals surface area contributed by atoms with Gasteiger partial charge in [0.2, 0.25) is 0 Å². The number of carboxylic acids is 1. The Labute approximate surface area is 90.7 Å². The van der Waals surface area contributed by atoms with Crippen LogP contribution in [0.2, 0.25) is 0 Å². The molecule has 2 N–H and O–H groups in total. The minimum absolute atomic E-state index is 0.0609. The highest BCUT2D eigenvalue weighted by molar-refractivity contribution is 5.78. The molecule has 16 heavy (non-hydrogen) atoms. The van der Waals surface area contributed by atoms with E-state index in [2.05, 4.69) is 9.97 Å². The van der Waals surface area contributed by atoms with Gasteiger partial charge in [-0.15, -0.1) is 0 Å². The summed E-state index contributed by atoms with van der Waals surface area (Å²) in [6, 6.07) is -0.857. The highest BCUT2D eigenvalue weighted by atomic mass is 16.5. The van der Waals surface area contributed by atoms with Crippen molar-refractivity contribution in [2.45, 2.75) is 6.04 Å². The van der Waals surface area contributed by atoms with Crippen LogP contribution in [0.1, 0.15) is 0 Å². The van der Waals surface area contributed by atoms with Crippen LogP contribution in [0.15, 0.2) is 17.2 Å². The van der Waals surface area contributed by atoms with Crippen LogP contribution in [-0.4, -0.2) is 46.8 Å². The summed E-state index contributed by atoms with van der Waals surface area (Å²) < 4.78 is 5.07. The molecule has 2 rings (SSSR count). The summed E-state index contributed by atoms with van der Waals surface area (Å²) in [5, 5.41) is 9.00. The van der Waals surface area contributed by atoms with Crippen molar-refractivity contribution in [2.24, 2.45) is 0 Å². The first-order valence-corrected chi connectivity index (χ1v) is 4.81. The fourth-order valence-corrected chi connectivity index (χ4v) is 1.61. The number of morpholine rings is 1. The topological polar surface area (TPSA) is 95.5 Å². The molecule has 1 saturated heterocycles. The van der Waals surface area contributed by atoms with E-state index in [1.54, 1.807) is 0 Å². The lowest BCUT2D eigenvalue weighted by Crippen LogP contribution is -2.52. The summed E-state index contributed by atoms with van der Waals surface area (Å²) in [6.07, 6.45) is 2.83. The van der Waals surface area contributed by atoms with E-state index in [4.69, 9.17) is 9.84 Å². The fraction of sp³-hybridized carbons (Fsp3) is 0.444. The maximum Gasteiger partial charge on any atom is 0.328 e. The lowest BCUT2D eigenvalue weighted by molar-refractivity contribution is -0.141. The zero-order valence-electron chi connectivity index (χ0n) is 8.42. The predicted molar refractivity (Wildman–Crippen MR) is 54.4 cm³/mol. The third kappa shape index (κ3) is 1.89. The number of nitrogens with one attached hydrogen (secondary N) is 1. The molecule has 0 aromatic carbocycles. The Kier molecular flexibility index (Phi) is 2.86. The van der Waals surface area contributed by atoms with E-state index in [1.807, 2.05) is 0 Å². The third-order valence-electron chi connectivity index (χ3n) is 2.37. The number of carbonyl (C=O) groups is 1. The van der Waals surface area contributed by atoms with Crippen LogP contribution in [-0.2, 0) is 9.53 Å². The number of rotatable bonds is 2. The highest BCUT2D eigenvalue weighted by Crippen LogP contribution is 2.12. The van der Waals surface area contributed by atoms with Gasteiger partial charge in [0.1, 0.15) is 0 Å². The molecule has 0 saturated carbocycles. The average Bonchev–Trinajstić information content (AvgIpc) is 2.29. The third-order valence-corrected chi connectivity index (χ3v) is 2.37. The van der Waals surface area contributed by atoms with Crippen molar-refractivity contribution in [3.8, 4) is 0 Å². The minimum atomic E-state index is -1.02. The second-order valence-electron chi connectivity index (χ2n) is 3.36. The molecule has 7 nitrogen and oxygen atoms in total. The van der Waals surface area contributed by atoms with Gasteiger partial charge in [-0.3, -0.25) is 4.79 Å². The SMILES string of the molecule is O=C(O)C1COCCN1c1ncc[nH]c1=O. The van der Waals surface area contributed by atoms with E-state index in [0.29, 0.717) is 13.2 Å². The van der Waals surface area contributed by atoms with Gasteiger partial charge < -0.3 is 19.7 Å². The summed E-state index contributed by atoms with van der Waals surface area (Å²) in [6.45, 7) is 0.794. The number of ether oxygens (including phenoxy) is 1. The molecule has 1 fully saturated rings. The Balaban J connectivity index is 2.34. The van der Waals surface area contributed by atoms with E-state index < -0.39 is 17.6 Å². The number of nitrogens with zero attached hydrogens (tertiary/aromatic N) is 2. The molecule has 0 aliphatic carbocycles. The predicted octanol–water partition coefficient (Wildman–Crippen LogP) is -0.940. The van der Waals surface area contributed by atoms with Gasteiger partial charge in [-0.1, -0.05) is 0 Å². The van der Waals surface area contributed by atoms with Gasteiger partial charge in [0, 0.05) is 18.9 Å². The van der Waals surface area contributed by atoms with Crippen LogP contribution in [0.3, 0.4) is 0 Å². The zero-order chi connectivity index (χ0) is 11.5. The van der Waals surface area contributed by atoms with Crippen molar-refractivity contribution in [1.82, 2.24) is 9.97 Å². The minimum Gasteiger partial charge on any atom is -0.480 e. The Morgan fingerprint density at radius 1 is 1.69 bits per heavy atom. The van der Waals surface area contributed by atoms with Crippen LogP contribution in [0.4, 0.5) is 5.82 Å². The van der Waals surface area contributed by atoms with Crippen molar-refractivity contribution in [2.75, 3.05) is 24.7 Å². The monoisotopic (exact) mass is 225 g/mol. The van der Waals surface area contributed by atoms with Crippen molar-refractivity contribution in [3.63, 3.8) is 0 Å². The summed E-state index contributed by atoms with van der Waals surface area (Å²) in [5.41, 5.74) is -0.393. The first-order valence-electron chi connectivity index (χ1n) is 4.81. The van der Waals surface area contributed by atoms with Gasteiger partial charge in [-0.05, 0) is 0 Å². The van der Waals surface area contributed by atoms with Gasteiger partial charge in [0.25, 0.3) is 5.56 Å². The number of hydrogen-bond acceptors (Lipinski definition) is 5. The molecule has 1 aromatic rings. The Hall–Kier alpha value is -1.89. The lowest BCUT2D eigenvalue weighted by Gasteiger charge is -2.32. The van der Waals surface area contributed by atoms with Gasteiger partial charge in [-0.2, -0.15) is 0 Å². The summed E-state index contributed by atoms with van der Waals surface area (Å²) in [5.74, 6) is -0.900. The van der Waals surface area contributed by atoms with Crippen LogP contribution >= 0.6 is 0 Å². The summed E-state index contributed by atoms with van der Waals surface area (Å²) in [7, 11) is 0. The molecule has 86 valence electrons. The Bertz CT molecular complexity index is 444. The second kappa shape index (κ2) is 4.31. The molecule has 7 heteroatoms. The second-order valence-corrected chi connectivity index (χ2v) is 3.36. The first kappa shape index (κ1) is 10.6. The van der Waals surface area contributed by atoms with Crippen LogP contribution in [0.5, 0.6) is 0 Å². The lowest BCUT2D eigenvalue weighted by atomic mass is 10.2. The average molecular weight is 225 g/mol. The number of anilines is 1. The number of hydrogen-bond donors (Lipinski definition) is 2. The Morgan fingerprint density at radius 3 is 3.19 bits per heavy atom. The standard InChI is InChI=1S/C9H11N3O4/c13-8-7(10-1-2-11-8)12-3-4-16-5-6(12)9(14)15/h1-2,6H,3-5H2,(H,11,13)(H,14,15). The number of H-pyrrole nitrogens is 1. The molecule has 0 spiro atoms. The maximum absolute atomic E-state index is 11.5. The smallest absolute Gasteiger partial charge is 0.328 e. The van der Waals surface area contributed by atoms with Crippen molar-refractivity contribution < 1.29 is 14.6 Å². The normalized spacial score (nSPS) is 20.8. The van der Waals surface area contributed by atoms with Crippen LogP contribution in [0.25, 0.3) is 0 Å². The highest BCUT2D eigenvalue weighted by Gasteiger charge is 2.31. The number of aromatic nitrogens is 2. The molecule has 1 atom stereocenters. The molecule has 1 aromatic heterocycles. The molecule has 0 amide bonds. The molecule has 1 unspecified atom stereocenters. The number of carboxylic acid groups (broad SMARTS) is 1. The maximum atomic E-state index is 11.5. The largest absolute Gasteiger partial charge is 0.480 e. The summed E-state index contributed by atoms with van der Waals surface area (Å²) in [4.78, 5) is 30.3. The number of aliphatic carboxylic acids is 1. The van der Waals surface area contributed by atoms with Gasteiger partial charge in [0.05, 0.1) is 13.2 Å². The van der Waals surface area contributed by atoms with Crippen LogP contribution < -0.4 is 10.5 Å². The summed E-state index contributed by atoms with van der Waals surface area (Å²) >= 11 is 0. The Morgan fingerprint density at radius 2 is 2.50 bits per heavy atom. The van der Waals surface area contributed by atoms with Gasteiger partial charge in [-0.25, -0.2) is 9.78 Å². The first-order chi connectivity index (χ1) is 7.70. The fourth-order valence-electron chi connectivity index (χ4n) is 1.61. The molecule has 1 aliphatic heterocycles. The van der Waals surface area contributed by atoms with Crippen molar-refractivity contribution in [1.29, 1.82) is 0 Å². The molecule has 1 aliphatic rings. The molecule has 0 bridgehead atoms. The van der Waals surface area contributed by atoms with Gasteiger partial charge >= 0.3 is 5.97 Å². The molecular formula is C9H11N3O4. The quantitative estimate of drug-likeness (QED) is 0.674. The molecular weight excluding hydrogens is 214 g/mol. The van der Waals surface area contributed by atoms with Crippen LogP contribution in [0, 0.1) is 0 Å². The molecule has 2 heterocycles. The van der Waals surface area contributed by atoms with Gasteiger partial charge in [0.15, 0.2) is 11.9 Å². The van der Waals surface area contributed by atoms with Crippen molar-refractivity contribution >= 4 is 11.8 Å². The zero-order valence-corrected chi connectivity index (χ0v) is 8.42. The molecule has 0 radical (unpaired) electrons. The van der Waals surface area contributed by atoms with E-state index in [-0.39, 0.29) is 12.4 Å². The van der Waals surface area contributed by atoms with E-state index in [1.165, 1.54) is 17.3 Å². The van der Waals surface area contributed by atoms with E-state index >= 15 is 0 Å². The van der Waals surface area contributed by atoms with Crippen molar-refractivity contribution in [3.05, 3.63) is 22.7 Å². The van der Waals surface area contributed by atoms with E-state index in [0.717, 1.165) is 0 Å².